The fraction of sp³-hybridized carbons (Fsp3) is 0.300. The van der Waals surface area contributed by atoms with Gasteiger partial charge in [0.05, 0.1) is 16.5 Å². The maximum Gasteiger partial charge on any atom is 0.225 e. The van der Waals surface area contributed by atoms with Crippen molar-refractivity contribution < 1.29 is 13.2 Å². The van der Waals surface area contributed by atoms with Crippen LogP contribution < -0.4 is 5.32 Å². The Bertz CT molecular complexity index is 528. The van der Waals surface area contributed by atoms with Crippen LogP contribution in [-0.2, 0) is 14.6 Å². The van der Waals surface area contributed by atoms with Gasteiger partial charge in [0.2, 0.25) is 5.91 Å². The lowest BCUT2D eigenvalue weighted by atomic mass is 10.3. The van der Waals surface area contributed by atoms with Crippen LogP contribution in [0.1, 0.15) is 6.42 Å². The molecule has 1 rings (SSSR count). The van der Waals surface area contributed by atoms with Crippen LogP contribution in [0.5, 0.6) is 0 Å². The number of amides is 1. The molecule has 94 valence electrons. The fourth-order valence-corrected chi connectivity index (χ4v) is 2.09. The average Bonchev–Trinajstić information content (AvgIpc) is 2.18. The smallest absolute Gasteiger partial charge is 0.225 e. The van der Waals surface area contributed by atoms with Crippen molar-refractivity contribution in [3.8, 4) is 0 Å². The first-order valence-corrected chi connectivity index (χ1v) is 7.52. The molecule has 17 heavy (non-hydrogen) atoms. The summed E-state index contributed by atoms with van der Waals surface area (Å²) in [4.78, 5) is 11.4. The van der Waals surface area contributed by atoms with E-state index in [0.29, 0.717) is 15.7 Å². The number of hydrogen-bond donors (Lipinski definition) is 1. The third-order valence-corrected chi connectivity index (χ3v) is 3.40. The molecule has 0 aromatic heterocycles. The van der Waals surface area contributed by atoms with Gasteiger partial charge in [-0.1, -0.05) is 23.2 Å². The number of sulfone groups is 1. The summed E-state index contributed by atoms with van der Waals surface area (Å²) in [6.07, 6.45) is 0.980. The Morgan fingerprint density at radius 3 is 2.53 bits per heavy atom. The number of benzene rings is 1. The van der Waals surface area contributed by atoms with Crippen molar-refractivity contribution in [2.24, 2.45) is 0 Å². The van der Waals surface area contributed by atoms with Gasteiger partial charge in [0.15, 0.2) is 0 Å². The summed E-state index contributed by atoms with van der Waals surface area (Å²) in [5, 5.41) is 3.29. The SMILES string of the molecule is CS(=O)(=O)CCC(=O)Nc1ccc(Cl)cc1Cl. The maximum absolute atomic E-state index is 11.4. The van der Waals surface area contributed by atoms with Crippen LogP contribution in [0.4, 0.5) is 5.69 Å². The second-order valence-electron chi connectivity index (χ2n) is 3.55. The molecule has 0 radical (unpaired) electrons. The summed E-state index contributed by atoms with van der Waals surface area (Å²) in [7, 11) is -3.14. The van der Waals surface area contributed by atoms with Crippen LogP contribution in [0.25, 0.3) is 0 Å². The molecule has 0 saturated carbocycles. The maximum atomic E-state index is 11.4. The highest BCUT2D eigenvalue weighted by Crippen LogP contribution is 2.25. The minimum absolute atomic E-state index is 0.0994. The van der Waals surface area contributed by atoms with Crippen molar-refractivity contribution in [3.63, 3.8) is 0 Å². The molecule has 0 unspecified atom stereocenters. The molecule has 0 bridgehead atoms. The monoisotopic (exact) mass is 295 g/mol. The second-order valence-corrected chi connectivity index (χ2v) is 6.66. The second kappa shape index (κ2) is 5.71. The molecule has 7 heteroatoms. The van der Waals surface area contributed by atoms with Crippen LogP contribution in [-0.4, -0.2) is 26.3 Å². The Morgan fingerprint density at radius 2 is 2.00 bits per heavy atom. The van der Waals surface area contributed by atoms with Crippen LogP contribution in [0, 0.1) is 0 Å². The molecule has 1 aromatic rings. The number of carbonyl (C=O) groups is 1. The Balaban J connectivity index is 2.62. The molecule has 1 N–H and O–H groups in total. The van der Waals surface area contributed by atoms with E-state index in [2.05, 4.69) is 5.32 Å². The number of hydrogen-bond acceptors (Lipinski definition) is 3. The molecule has 0 heterocycles. The van der Waals surface area contributed by atoms with Gasteiger partial charge in [0, 0.05) is 17.7 Å². The Morgan fingerprint density at radius 1 is 1.35 bits per heavy atom. The van der Waals surface area contributed by atoms with Crippen molar-refractivity contribution in [1.29, 1.82) is 0 Å². The topological polar surface area (TPSA) is 63.2 Å². The molecule has 1 amide bonds. The number of nitrogens with one attached hydrogen (secondary N) is 1. The van der Waals surface area contributed by atoms with E-state index in [1.165, 1.54) is 6.07 Å². The van der Waals surface area contributed by atoms with Gasteiger partial charge in [-0.05, 0) is 18.2 Å². The van der Waals surface area contributed by atoms with E-state index >= 15 is 0 Å². The zero-order valence-electron chi connectivity index (χ0n) is 9.04. The summed E-state index contributed by atoms with van der Waals surface area (Å²) in [6.45, 7) is 0. The molecule has 0 aliphatic rings. The molecule has 0 aliphatic heterocycles. The van der Waals surface area contributed by atoms with Crippen molar-refractivity contribution in [1.82, 2.24) is 0 Å². The lowest BCUT2D eigenvalue weighted by Crippen LogP contribution is -2.16. The van der Waals surface area contributed by atoms with E-state index in [4.69, 9.17) is 23.2 Å². The molecule has 0 aliphatic carbocycles. The van der Waals surface area contributed by atoms with E-state index in [-0.39, 0.29) is 12.2 Å². The van der Waals surface area contributed by atoms with Crippen molar-refractivity contribution in [2.75, 3.05) is 17.3 Å². The van der Waals surface area contributed by atoms with Crippen molar-refractivity contribution in [3.05, 3.63) is 28.2 Å². The lowest BCUT2D eigenvalue weighted by molar-refractivity contribution is -0.115. The molecule has 0 atom stereocenters. The van der Waals surface area contributed by atoms with Gasteiger partial charge in [-0.3, -0.25) is 4.79 Å². The predicted molar refractivity (Wildman–Crippen MR) is 69.4 cm³/mol. The minimum Gasteiger partial charge on any atom is -0.325 e. The van der Waals surface area contributed by atoms with Crippen LogP contribution in [0.15, 0.2) is 18.2 Å². The zero-order chi connectivity index (χ0) is 13.1. The Labute approximate surface area is 110 Å². The highest BCUT2D eigenvalue weighted by Gasteiger charge is 2.09. The van der Waals surface area contributed by atoms with Gasteiger partial charge in [0.1, 0.15) is 9.84 Å². The lowest BCUT2D eigenvalue weighted by Gasteiger charge is -2.06. The normalized spacial score (nSPS) is 11.2. The zero-order valence-corrected chi connectivity index (χ0v) is 11.4. The molecular weight excluding hydrogens is 285 g/mol. The summed E-state index contributed by atoms with van der Waals surface area (Å²) in [5.74, 6) is -0.594. The summed E-state index contributed by atoms with van der Waals surface area (Å²) < 4.78 is 21.8. The third kappa shape index (κ3) is 5.39. The largest absolute Gasteiger partial charge is 0.325 e. The van der Waals surface area contributed by atoms with E-state index in [9.17, 15) is 13.2 Å². The van der Waals surface area contributed by atoms with Gasteiger partial charge in [-0.25, -0.2) is 8.42 Å². The number of anilines is 1. The molecule has 0 saturated heterocycles. The summed E-state index contributed by atoms with van der Waals surface area (Å²) in [6, 6.07) is 4.64. The van der Waals surface area contributed by atoms with Crippen LogP contribution in [0.2, 0.25) is 10.0 Å². The standard InChI is InChI=1S/C10H11Cl2NO3S/c1-17(15,16)5-4-10(14)13-9-3-2-7(11)6-8(9)12/h2-3,6H,4-5H2,1H3,(H,13,14). The average molecular weight is 296 g/mol. The molecular formula is C10H11Cl2NO3S. The fourth-order valence-electron chi connectivity index (χ4n) is 1.08. The predicted octanol–water partition coefficient (Wildman–Crippen LogP) is 2.37. The van der Waals surface area contributed by atoms with Crippen molar-refractivity contribution in [2.45, 2.75) is 6.42 Å². The first-order chi connectivity index (χ1) is 7.78. The molecule has 0 spiro atoms. The van der Waals surface area contributed by atoms with E-state index in [1.54, 1.807) is 12.1 Å². The van der Waals surface area contributed by atoms with Gasteiger partial charge in [-0.2, -0.15) is 0 Å². The third-order valence-electron chi connectivity index (χ3n) is 1.91. The van der Waals surface area contributed by atoms with Gasteiger partial charge in [-0.15, -0.1) is 0 Å². The van der Waals surface area contributed by atoms with Crippen molar-refractivity contribution >= 4 is 44.6 Å². The van der Waals surface area contributed by atoms with E-state index < -0.39 is 15.7 Å². The molecule has 1 aromatic carbocycles. The highest BCUT2D eigenvalue weighted by molar-refractivity contribution is 7.90. The number of halogens is 2. The van der Waals surface area contributed by atoms with Gasteiger partial charge >= 0.3 is 0 Å². The minimum atomic E-state index is -3.14. The van der Waals surface area contributed by atoms with Crippen LogP contribution >= 0.6 is 23.2 Å². The van der Waals surface area contributed by atoms with E-state index in [0.717, 1.165) is 6.26 Å². The number of rotatable bonds is 4. The Kier molecular flexibility index (Phi) is 4.80. The summed E-state index contributed by atoms with van der Waals surface area (Å²) >= 11 is 11.5. The highest BCUT2D eigenvalue weighted by atomic mass is 35.5. The molecule has 4 nitrogen and oxygen atoms in total. The van der Waals surface area contributed by atoms with Gasteiger partial charge in [0.25, 0.3) is 0 Å². The van der Waals surface area contributed by atoms with E-state index in [1.807, 2.05) is 0 Å². The first-order valence-electron chi connectivity index (χ1n) is 4.70. The quantitative estimate of drug-likeness (QED) is 0.927. The molecule has 0 fully saturated rings. The summed E-state index contributed by atoms with van der Waals surface area (Å²) in [5.41, 5.74) is 0.412. The van der Waals surface area contributed by atoms with Crippen LogP contribution in [0.3, 0.4) is 0 Å². The Hall–Kier alpha value is -0.780. The first kappa shape index (κ1) is 14.3. The van der Waals surface area contributed by atoms with Gasteiger partial charge < -0.3 is 5.32 Å². The number of carbonyl (C=O) groups excluding carboxylic acids is 1.